The van der Waals surface area contributed by atoms with Gasteiger partial charge in [-0.15, -0.1) is 0 Å². The average molecular weight is 576 g/mol. The molecular formula is C29H41N3O7S. The monoisotopic (exact) mass is 575 g/mol. The summed E-state index contributed by atoms with van der Waals surface area (Å²) in [6, 6.07) is 11.2. The van der Waals surface area contributed by atoms with Crippen molar-refractivity contribution in [1.82, 2.24) is 10.2 Å². The minimum absolute atomic E-state index is 0.0711. The van der Waals surface area contributed by atoms with Crippen LogP contribution in [-0.2, 0) is 26.2 Å². The van der Waals surface area contributed by atoms with Crippen LogP contribution < -0.4 is 23.8 Å². The van der Waals surface area contributed by atoms with E-state index in [1.165, 1.54) is 25.2 Å². The first-order valence-electron chi connectivity index (χ1n) is 13.5. The number of carbonyl (C=O) groups is 2. The van der Waals surface area contributed by atoms with Gasteiger partial charge in [0.1, 0.15) is 29.8 Å². The number of anilines is 1. The van der Waals surface area contributed by atoms with Crippen LogP contribution in [0.1, 0.15) is 51.0 Å². The second-order valence-corrected chi connectivity index (χ2v) is 11.9. The Morgan fingerprint density at radius 2 is 1.57 bits per heavy atom. The molecule has 11 heteroatoms. The molecule has 0 heterocycles. The molecule has 0 spiro atoms. The number of amides is 2. The molecule has 1 aliphatic carbocycles. The molecule has 1 saturated carbocycles. The molecule has 2 amide bonds. The van der Waals surface area contributed by atoms with Crippen LogP contribution in [0.2, 0.25) is 0 Å². The van der Waals surface area contributed by atoms with E-state index < -0.39 is 28.5 Å². The largest absolute Gasteiger partial charge is 0.497 e. The number of rotatable bonds is 13. The Kier molecular flexibility index (Phi) is 11.1. The number of nitrogens with one attached hydrogen (secondary N) is 1. The third-order valence-electron chi connectivity index (χ3n) is 7.18. The number of hydrogen-bond donors (Lipinski definition) is 1. The van der Waals surface area contributed by atoms with Crippen LogP contribution in [0.15, 0.2) is 42.5 Å². The Morgan fingerprint density at radius 3 is 2.12 bits per heavy atom. The van der Waals surface area contributed by atoms with Gasteiger partial charge in [-0.1, -0.05) is 38.3 Å². The first kappa shape index (κ1) is 31.1. The van der Waals surface area contributed by atoms with Crippen molar-refractivity contribution in [3.63, 3.8) is 0 Å². The highest BCUT2D eigenvalue weighted by atomic mass is 32.2. The van der Waals surface area contributed by atoms with E-state index in [1.54, 1.807) is 31.4 Å². The number of nitrogens with zero attached hydrogens (tertiary/aromatic N) is 2. The summed E-state index contributed by atoms with van der Waals surface area (Å²) in [7, 11) is 0.532. The lowest BCUT2D eigenvalue weighted by Gasteiger charge is -2.34. The van der Waals surface area contributed by atoms with Gasteiger partial charge in [0.25, 0.3) is 0 Å². The molecule has 2 aromatic carbocycles. The molecule has 1 N–H and O–H groups in total. The number of carbonyl (C=O) groups excluding carboxylic acids is 2. The predicted octanol–water partition coefficient (Wildman–Crippen LogP) is 3.73. The smallest absolute Gasteiger partial charge is 0.244 e. The van der Waals surface area contributed by atoms with Gasteiger partial charge >= 0.3 is 0 Å². The Bertz CT molecular complexity index is 1240. The van der Waals surface area contributed by atoms with E-state index in [2.05, 4.69) is 5.32 Å². The molecule has 2 aromatic rings. The fraction of sp³-hybridized carbons (Fsp3) is 0.517. The quantitative estimate of drug-likeness (QED) is 0.387. The van der Waals surface area contributed by atoms with Gasteiger partial charge in [0.15, 0.2) is 0 Å². The molecule has 10 nitrogen and oxygen atoms in total. The van der Waals surface area contributed by atoms with E-state index >= 15 is 0 Å². The highest BCUT2D eigenvalue weighted by Crippen LogP contribution is 2.34. The summed E-state index contributed by atoms with van der Waals surface area (Å²) < 4.78 is 42.9. The zero-order chi connectivity index (χ0) is 29.3. The SMILES string of the molecule is CCC(C(=O)NC1CCCCC1)N(Cc1ccc(OC)cc1)C(=O)CN(c1cc(OC)ccc1OC)S(C)(=O)=O. The van der Waals surface area contributed by atoms with Crippen molar-refractivity contribution in [2.45, 2.75) is 64.1 Å². The molecule has 0 radical (unpaired) electrons. The van der Waals surface area contributed by atoms with Crippen LogP contribution in [0.4, 0.5) is 5.69 Å². The zero-order valence-corrected chi connectivity index (χ0v) is 24.8. The van der Waals surface area contributed by atoms with Crippen molar-refractivity contribution >= 4 is 27.5 Å². The Hall–Kier alpha value is -3.47. The molecule has 1 atom stereocenters. The van der Waals surface area contributed by atoms with Crippen LogP contribution in [-0.4, -0.2) is 71.3 Å². The standard InChI is InChI=1S/C29H41N3O7S/c1-6-25(29(34)30-22-10-8-7-9-11-22)31(19-21-12-14-23(37-2)15-13-21)28(33)20-32(40(5,35)36)26-18-24(38-3)16-17-27(26)39-4/h12-18,22,25H,6-11,19-20H2,1-5H3,(H,30,34). The van der Waals surface area contributed by atoms with Gasteiger partial charge in [-0.3, -0.25) is 13.9 Å². The first-order valence-corrected chi connectivity index (χ1v) is 15.4. The minimum atomic E-state index is -3.93. The normalized spacial score (nSPS) is 14.6. The van der Waals surface area contributed by atoms with Crippen LogP contribution in [0.5, 0.6) is 17.2 Å². The Balaban J connectivity index is 1.97. The van der Waals surface area contributed by atoms with E-state index in [0.29, 0.717) is 17.9 Å². The first-order chi connectivity index (χ1) is 19.1. The number of benzene rings is 2. The van der Waals surface area contributed by atoms with E-state index in [4.69, 9.17) is 14.2 Å². The fourth-order valence-electron chi connectivity index (χ4n) is 4.98. The summed E-state index contributed by atoms with van der Waals surface area (Å²) in [4.78, 5) is 29.0. The summed E-state index contributed by atoms with van der Waals surface area (Å²) in [5, 5.41) is 3.14. The third-order valence-corrected chi connectivity index (χ3v) is 8.31. The second kappa shape index (κ2) is 14.2. The van der Waals surface area contributed by atoms with Crippen molar-refractivity contribution in [1.29, 1.82) is 0 Å². The van der Waals surface area contributed by atoms with Crippen LogP contribution in [0.3, 0.4) is 0 Å². The van der Waals surface area contributed by atoms with Gasteiger partial charge in [-0.05, 0) is 49.1 Å². The summed E-state index contributed by atoms with van der Waals surface area (Å²) in [6.45, 7) is 1.44. The Labute approximate surface area is 237 Å². The van der Waals surface area contributed by atoms with Crippen molar-refractivity contribution in [3.05, 3.63) is 48.0 Å². The topological polar surface area (TPSA) is 114 Å². The molecule has 1 aliphatic rings. The van der Waals surface area contributed by atoms with Crippen molar-refractivity contribution < 1.29 is 32.2 Å². The van der Waals surface area contributed by atoms with Crippen LogP contribution in [0.25, 0.3) is 0 Å². The number of methoxy groups -OCH3 is 3. The summed E-state index contributed by atoms with van der Waals surface area (Å²) >= 11 is 0. The number of hydrogen-bond acceptors (Lipinski definition) is 7. The van der Waals surface area contributed by atoms with Gasteiger partial charge in [0, 0.05) is 18.7 Å². The summed E-state index contributed by atoms with van der Waals surface area (Å²) in [5.41, 5.74) is 0.949. The average Bonchev–Trinajstić information content (AvgIpc) is 2.95. The van der Waals surface area contributed by atoms with Crippen molar-refractivity contribution in [3.8, 4) is 17.2 Å². The zero-order valence-electron chi connectivity index (χ0n) is 24.0. The molecule has 220 valence electrons. The molecular weight excluding hydrogens is 534 g/mol. The summed E-state index contributed by atoms with van der Waals surface area (Å²) in [6.07, 6.45) is 6.48. The Morgan fingerprint density at radius 1 is 0.950 bits per heavy atom. The maximum absolute atomic E-state index is 14.0. The van der Waals surface area contributed by atoms with Crippen molar-refractivity contribution in [2.75, 3.05) is 38.4 Å². The van der Waals surface area contributed by atoms with Gasteiger partial charge in [-0.25, -0.2) is 8.42 Å². The van der Waals surface area contributed by atoms with E-state index in [9.17, 15) is 18.0 Å². The maximum atomic E-state index is 14.0. The van der Waals surface area contributed by atoms with Crippen LogP contribution in [0, 0.1) is 0 Å². The second-order valence-electron chi connectivity index (χ2n) is 9.94. The lowest BCUT2D eigenvalue weighted by atomic mass is 9.95. The minimum Gasteiger partial charge on any atom is -0.497 e. The van der Waals surface area contributed by atoms with Gasteiger partial charge in [0.05, 0.1) is 33.3 Å². The highest BCUT2D eigenvalue weighted by molar-refractivity contribution is 7.92. The van der Waals surface area contributed by atoms with E-state index in [0.717, 1.165) is 48.2 Å². The lowest BCUT2D eigenvalue weighted by molar-refractivity contribution is -0.140. The number of sulfonamides is 1. The van der Waals surface area contributed by atoms with Gasteiger partial charge in [-0.2, -0.15) is 0 Å². The molecule has 0 saturated heterocycles. The third kappa shape index (κ3) is 8.03. The lowest BCUT2D eigenvalue weighted by Crippen LogP contribution is -2.54. The molecule has 3 rings (SSSR count). The molecule has 0 bridgehead atoms. The van der Waals surface area contributed by atoms with Crippen LogP contribution >= 0.6 is 0 Å². The molecule has 40 heavy (non-hydrogen) atoms. The molecule has 0 aliphatic heterocycles. The fourth-order valence-corrected chi connectivity index (χ4v) is 5.82. The predicted molar refractivity (Wildman–Crippen MR) is 154 cm³/mol. The van der Waals surface area contributed by atoms with E-state index in [1.807, 2.05) is 19.1 Å². The highest BCUT2D eigenvalue weighted by Gasteiger charge is 2.33. The summed E-state index contributed by atoms with van der Waals surface area (Å²) in [5.74, 6) is 0.586. The number of ether oxygens (including phenoxy) is 3. The van der Waals surface area contributed by atoms with Gasteiger partial charge in [0.2, 0.25) is 21.8 Å². The molecule has 0 aromatic heterocycles. The molecule has 1 unspecified atom stereocenters. The van der Waals surface area contributed by atoms with Gasteiger partial charge < -0.3 is 24.4 Å². The maximum Gasteiger partial charge on any atom is 0.244 e. The molecule has 1 fully saturated rings. The van der Waals surface area contributed by atoms with Crippen molar-refractivity contribution in [2.24, 2.45) is 0 Å². The van der Waals surface area contributed by atoms with E-state index in [-0.39, 0.29) is 29.9 Å².